The molecule has 0 fully saturated rings. The zero-order valence-corrected chi connectivity index (χ0v) is 18.3. The summed E-state index contributed by atoms with van der Waals surface area (Å²) in [4.78, 5) is 24.6. The second kappa shape index (κ2) is 10.8. The van der Waals surface area contributed by atoms with Crippen LogP contribution in [-0.2, 0) is 4.79 Å². The summed E-state index contributed by atoms with van der Waals surface area (Å²) in [5, 5.41) is 8.76. The van der Waals surface area contributed by atoms with Crippen LogP contribution in [0.5, 0.6) is 5.75 Å². The Bertz CT molecular complexity index is 1090. The van der Waals surface area contributed by atoms with Gasteiger partial charge in [-0.05, 0) is 80.1 Å². The molecule has 0 unspecified atom stereocenters. The van der Waals surface area contributed by atoms with Gasteiger partial charge in [0.05, 0.1) is 6.54 Å². The highest BCUT2D eigenvalue weighted by atomic mass is 16.5. The molecule has 0 aliphatic rings. The fourth-order valence-electron chi connectivity index (χ4n) is 2.89. The van der Waals surface area contributed by atoms with E-state index < -0.39 is 0 Å². The van der Waals surface area contributed by atoms with Gasteiger partial charge in [-0.1, -0.05) is 24.3 Å². The SMILES string of the molecule is C=C(C)COc1ccc(NCC(=O)Nc2ccc(NC(=O)c3cccc(C)c3)cc2)cc1. The molecule has 0 saturated carbocycles. The summed E-state index contributed by atoms with van der Waals surface area (Å²) >= 11 is 0. The van der Waals surface area contributed by atoms with E-state index in [4.69, 9.17) is 4.74 Å². The molecule has 0 saturated heterocycles. The molecular formula is C26H27N3O3. The van der Waals surface area contributed by atoms with Crippen molar-refractivity contribution >= 4 is 28.9 Å². The Morgan fingerprint density at radius 2 is 1.50 bits per heavy atom. The van der Waals surface area contributed by atoms with Crippen LogP contribution in [0.25, 0.3) is 0 Å². The molecule has 0 radical (unpaired) electrons. The number of hydrogen-bond donors (Lipinski definition) is 3. The predicted octanol–water partition coefficient (Wildman–Crippen LogP) is 5.25. The highest BCUT2D eigenvalue weighted by Gasteiger charge is 2.07. The van der Waals surface area contributed by atoms with Crippen molar-refractivity contribution in [1.82, 2.24) is 0 Å². The molecule has 2 amide bonds. The van der Waals surface area contributed by atoms with Crippen LogP contribution in [0.2, 0.25) is 0 Å². The third-order valence-corrected chi connectivity index (χ3v) is 4.50. The maximum absolute atomic E-state index is 12.3. The van der Waals surface area contributed by atoms with E-state index in [0.717, 1.165) is 22.6 Å². The van der Waals surface area contributed by atoms with Crippen molar-refractivity contribution < 1.29 is 14.3 Å². The van der Waals surface area contributed by atoms with E-state index >= 15 is 0 Å². The highest BCUT2D eigenvalue weighted by Crippen LogP contribution is 2.17. The second-order valence-electron chi connectivity index (χ2n) is 7.57. The molecule has 3 aromatic carbocycles. The molecular weight excluding hydrogens is 402 g/mol. The molecule has 0 heterocycles. The molecule has 0 aromatic heterocycles. The van der Waals surface area contributed by atoms with Gasteiger partial charge in [0.15, 0.2) is 0 Å². The first-order chi connectivity index (χ1) is 15.4. The van der Waals surface area contributed by atoms with Gasteiger partial charge in [-0.2, -0.15) is 0 Å². The summed E-state index contributed by atoms with van der Waals surface area (Å²) in [6.07, 6.45) is 0. The van der Waals surface area contributed by atoms with E-state index in [1.165, 1.54) is 0 Å². The van der Waals surface area contributed by atoms with Crippen LogP contribution in [0.4, 0.5) is 17.1 Å². The smallest absolute Gasteiger partial charge is 0.255 e. The molecule has 6 heteroatoms. The topological polar surface area (TPSA) is 79.5 Å². The van der Waals surface area contributed by atoms with E-state index in [0.29, 0.717) is 23.5 Å². The molecule has 0 aliphatic carbocycles. The van der Waals surface area contributed by atoms with Crippen LogP contribution in [0.3, 0.4) is 0 Å². The quantitative estimate of drug-likeness (QED) is 0.406. The minimum Gasteiger partial charge on any atom is -0.489 e. The number of amides is 2. The highest BCUT2D eigenvalue weighted by molar-refractivity contribution is 6.04. The largest absolute Gasteiger partial charge is 0.489 e. The maximum Gasteiger partial charge on any atom is 0.255 e. The first-order valence-electron chi connectivity index (χ1n) is 10.3. The number of carbonyl (C=O) groups excluding carboxylic acids is 2. The lowest BCUT2D eigenvalue weighted by Gasteiger charge is -2.10. The summed E-state index contributed by atoms with van der Waals surface area (Å²) < 4.78 is 5.56. The molecule has 3 aromatic rings. The average molecular weight is 430 g/mol. The molecule has 0 atom stereocenters. The van der Waals surface area contributed by atoms with Gasteiger partial charge in [0, 0.05) is 22.6 Å². The van der Waals surface area contributed by atoms with E-state index in [2.05, 4.69) is 22.5 Å². The van der Waals surface area contributed by atoms with Gasteiger partial charge in [-0.25, -0.2) is 0 Å². The van der Waals surface area contributed by atoms with Crippen LogP contribution in [-0.4, -0.2) is 25.0 Å². The van der Waals surface area contributed by atoms with Crippen molar-refractivity contribution in [3.8, 4) is 5.75 Å². The van der Waals surface area contributed by atoms with Crippen LogP contribution >= 0.6 is 0 Å². The minimum absolute atomic E-state index is 0.123. The van der Waals surface area contributed by atoms with E-state index in [1.54, 1.807) is 30.3 Å². The number of carbonyl (C=O) groups is 2. The van der Waals surface area contributed by atoms with Crippen molar-refractivity contribution in [2.75, 3.05) is 29.1 Å². The van der Waals surface area contributed by atoms with Gasteiger partial charge in [0.25, 0.3) is 5.91 Å². The van der Waals surface area contributed by atoms with E-state index in [-0.39, 0.29) is 18.4 Å². The summed E-state index contributed by atoms with van der Waals surface area (Å²) in [6.45, 7) is 8.25. The lowest BCUT2D eigenvalue weighted by Crippen LogP contribution is -2.21. The Kier molecular flexibility index (Phi) is 7.65. The monoisotopic (exact) mass is 429 g/mol. The first-order valence-corrected chi connectivity index (χ1v) is 10.3. The Labute approximate surface area is 188 Å². The third-order valence-electron chi connectivity index (χ3n) is 4.50. The average Bonchev–Trinajstić information content (AvgIpc) is 2.78. The number of hydrogen-bond acceptors (Lipinski definition) is 4. The van der Waals surface area contributed by atoms with Gasteiger partial charge in [-0.15, -0.1) is 0 Å². The zero-order chi connectivity index (χ0) is 22.9. The van der Waals surface area contributed by atoms with Crippen LogP contribution in [0.1, 0.15) is 22.8 Å². The fraction of sp³-hybridized carbons (Fsp3) is 0.154. The Morgan fingerprint density at radius 1 is 0.875 bits per heavy atom. The molecule has 164 valence electrons. The second-order valence-corrected chi connectivity index (χ2v) is 7.57. The van der Waals surface area contributed by atoms with Gasteiger partial charge in [-0.3, -0.25) is 9.59 Å². The van der Waals surface area contributed by atoms with E-state index in [1.807, 2.05) is 56.3 Å². The molecule has 6 nitrogen and oxygen atoms in total. The molecule has 0 aliphatic heterocycles. The molecule has 0 spiro atoms. The lowest BCUT2D eigenvalue weighted by atomic mass is 10.1. The third kappa shape index (κ3) is 7.02. The van der Waals surface area contributed by atoms with Crippen molar-refractivity contribution in [1.29, 1.82) is 0 Å². The summed E-state index contributed by atoms with van der Waals surface area (Å²) in [7, 11) is 0. The van der Waals surface area contributed by atoms with Gasteiger partial charge in [0.2, 0.25) is 5.91 Å². The van der Waals surface area contributed by atoms with Crippen LogP contribution in [0, 0.1) is 6.92 Å². The van der Waals surface area contributed by atoms with Gasteiger partial charge in [0.1, 0.15) is 12.4 Å². The van der Waals surface area contributed by atoms with Gasteiger partial charge >= 0.3 is 0 Å². The predicted molar refractivity (Wildman–Crippen MR) is 129 cm³/mol. The van der Waals surface area contributed by atoms with Crippen LogP contribution in [0.15, 0.2) is 84.9 Å². The first kappa shape index (κ1) is 22.6. The Morgan fingerprint density at radius 3 is 2.12 bits per heavy atom. The maximum atomic E-state index is 12.3. The fourth-order valence-corrected chi connectivity index (χ4v) is 2.89. The normalized spacial score (nSPS) is 10.2. The molecule has 3 N–H and O–H groups in total. The zero-order valence-electron chi connectivity index (χ0n) is 18.3. The van der Waals surface area contributed by atoms with E-state index in [9.17, 15) is 9.59 Å². The molecule has 32 heavy (non-hydrogen) atoms. The molecule has 0 bridgehead atoms. The summed E-state index contributed by atoms with van der Waals surface area (Å²) in [5.74, 6) is 0.396. The van der Waals surface area contributed by atoms with Crippen molar-refractivity contribution in [3.05, 3.63) is 96.1 Å². The number of ether oxygens (including phenoxy) is 1. The number of nitrogens with one attached hydrogen (secondary N) is 3. The molecule has 3 rings (SSSR count). The number of aryl methyl sites for hydroxylation is 1. The van der Waals surface area contributed by atoms with Gasteiger partial charge < -0.3 is 20.7 Å². The number of benzene rings is 3. The Balaban J connectivity index is 1.46. The Hall–Kier alpha value is -4.06. The van der Waals surface area contributed by atoms with Crippen molar-refractivity contribution in [2.45, 2.75) is 13.8 Å². The van der Waals surface area contributed by atoms with Crippen molar-refractivity contribution in [3.63, 3.8) is 0 Å². The standard InChI is InChI=1S/C26H27N3O3/c1-18(2)17-32-24-13-11-21(12-14-24)27-16-25(30)28-22-7-9-23(10-8-22)29-26(31)20-6-4-5-19(3)15-20/h4-15,27H,1,16-17H2,2-3H3,(H,28,30)(H,29,31). The number of anilines is 3. The summed E-state index contributed by atoms with van der Waals surface area (Å²) in [5.41, 5.74) is 4.69. The lowest BCUT2D eigenvalue weighted by molar-refractivity contribution is -0.114. The minimum atomic E-state index is -0.177. The van der Waals surface area contributed by atoms with Crippen molar-refractivity contribution in [2.24, 2.45) is 0 Å². The number of rotatable bonds is 9. The van der Waals surface area contributed by atoms with Crippen LogP contribution < -0.4 is 20.7 Å². The summed E-state index contributed by atoms with van der Waals surface area (Å²) in [6, 6.07) is 21.8.